The first kappa shape index (κ1) is 21.1. The van der Waals surface area contributed by atoms with E-state index in [1.807, 2.05) is 30.5 Å². The van der Waals surface area contributed by atoms with Crippen LogP contribution in [0, 0.1) is 5.92 Å². The van der Waals surface area contributed by atoms with Crippen molar-refractivity contribution in [3.8, 4) is 0 Å². The zero-order valence-corrected chi connectivity index (χ0v) is 18.0. The highest BCUT2D eigenvalue weighted by molar-refractivity contribution is 7.98. The maximum Gasteiger partial charge on any atom is 0.223 e. The quantitative estimate of drug-likeness (QED) is 0.679. The van der Waals surface area contributed by atoms with E-state index in [-0.39, 0.29) is 23.6 Å². The van der Waals surface area contributed by atoms with E-state index in [2.05, 4.69) is 15.3 Å². The second-order valence-electron chi connectivity index (χ2n) is 7.06. The van der Waals surface area contributed by atoms with Gasteiger partial charge in [0.25, 0.3) is 0 Å². The van der Waals surface area contributed by atoms with Gasteiger partial charge < -0.3 is 10.3 Å². The van der Waals surface area contributed by atoms with Crippen LogP contribution in [0.25, 0.3) is 11.0 Å². The number of carbonyl (C=O) groups is 1. The van der Waals surface area contributed by atoms with Gasteiger partial charge in [-0.2, -0.15) is 11.8 Å². The van der Waals surface area contributed by atoms with E-state index in [1.54, 1.807) is 18.7 Å². The zero-order valence-electron chi connectivity index (χ0n) is 16.3. The smallest absolute Gasteiger partial charge is 0.223 e. The molecule has 1 unspecified atom stereocenters. The molecule has 0 bridgehead atoms. The number of aromatic nitrogens is 2. The van der Waals surface area contributed by atoms with Crippen LogP contribution in [0.5, 0.6) is 0 Å². The number of amides is 1. The molecule has 1 saturated heterocycles. The molecule has 1 amide bonds. The molecule has 1 aliphatic heterocycles. The van der Waals surface area contributed by atoms with E-state index < -0.39 is 10.0 Å². The van der Waals surface area contributed by atoms with Crippen molar-refractivity contribution in [3.05, 3.63) is 30.1 Å². The molecular formula is C19H28N4O3S2. The molecule has 9 heteroatoms. The molecule has 3 rings (SSSR count). The minimum atomic E-state index is -3.18. The third-order valence-electron chi connectivity index (χ3n) is 5.25. The Morgan fingerprint density at radius 2 is 2.07 bits per heavy atom. The van der Waals surface area contributed by atoms with Gasteiger partial charge >= 0.3 is 0 Å². The number of fused-ring (bicyclic) bond motifs is 1. The molecule has 1 fully saturated rings. The number of piperidine rings is 1. The highest BCUT2D eigenvalue weighted by atomic mass is 32.2. The maximum atomic E-state index is 12.9. The number of hydrogen-bond donors (Lipinski definition) is 2. The Kier molecular flexibility index (Phi) is 7.00. The van der Waals surface area contributed by atoms with E-state index in [0.717, 1.165) is 29.0 Å². The van der Waals surface area contributed by atoms with Gasteiger partial charge in [-0.05, 0) is 50.3 Å². The molecule has 7 nitrogen and oxygen atoms in total. The van der Waals surface area contributed by atoms with Crippen LogP contribution in [-0.4, -0.2) is 59.4 Å². The van der Waals surface area contributed by atoms with Crippen LogP contribution in [0.15, 0.2) is 24.3 Å². The third-order valence-corrected chi connectivity index (χ3v) is 7.77. The SMILES string of the molecule is CCS(=O)(=O)N1CCC(C(=O)NC(CCSC)c2nc3ccccc3[nH]2)CC1. The lowest BCUT2D eigenvalue weighted by atomic mass is 9.96. The van der Waals surface area contributed by atoms with Gasteiger partial charge in [0.05, 0.1) is 22.8 Å². The molecule has 0 saturated carbocycles. The number of aromatic amines is 1. The van der Waals surface area contributed by atoms with Crippen molar-refractivity contribution in [2.45, 2.75) is 32.2 Å². The first-order chi connectivity index (χ1) is 13.4. The van der Waals surface area contributed by atoms with Gasteiger partial charge in [-0.15, -0.1) is 0 Å². The number of thioether (sulfide) groups is 1. The molecule has 0 aliphatic carbocycles. The van der Waals surface area contributed by atoms with Gasteiger partial charge in [-0.3, -0.25) is 4.79 Å². The first-order valence-corrected chi connectivity index (χ1v) is 12.7. The van der Waals surface area contributed by atoms with Gasteiger partial charge in [0.2, 0.25) is 15.9 Å². The molecule has 0 radical (unpaired) electrons. The molecule has 0 spiro atoms. The number of H-pyrrole nitrogens is 1. The Morgan fingerprint density at radius 1 is 1.36 bits per heavy atom. The monoisotopic (exact) mass is 424 g/mol. The summed E-state index contributed by atoms with van der Waals surface area (Å²) in [6, 6.07) is 7.65. The van der Waals surface area contributed by atoms with Crippen LogP contribution in [-0.2, 0) is 14.8 Å². The predicted molar refractivity (Wildman–Crippen MR) is 114 cm³/mol. The highest BCUT2D eigenvalue weighted by Crippen LogP contribution is 2.24. The summed E-state index contributed by atoms with van der Waals surface area (Å²) in [6.45, 7) is 2.47. The number of sulfonamides is 1. The number of para-hydroxylation sites is 2. The summed E-state index contributed by atoms with van der Waals surface area (Å²) >= 11 is 1.73. The Morgan fingerprint density at radius 3 is 2.71 bits per heavy atom. The fourth-order valence-corrected chi connectivity index (χ4v) is 5.12. The maximum absolute atomic E-state index is 12.9. The number of imidazole rings is 1. The first-order valence-electron chi connectivity index (χ1n) is 9.66. The summed E-state index contributed by atoms with van der Waals surface area (Å²) in [5, 5.41) is 3.15. The van der Waals surface area contributed by atoms with Gasteiger partial charge in [-0.25, -0.2) is 17.7 Å². The summed E-state index contributed by atoms with van der Waals surface area (Å²) in [5.74, 6) is 1.61. The highest BCUT2D eigenvalue weighted by Gasteiger charge is 2.31. The Balaban J connectivity index is 1.67. The van der Waals surface area contributed by atoms with E-state index in [0.29, 0.717) is 25.9 Å². The summed E-state index contributed by atoms with van der Waals surface area (Å²) in [7, 11) is -3.18. The largest absolute Gasteiger partial charge is 0.346 e. The van der Waals surface area contributed by atoms with Crippen LogP contribution >= 0.6 is 11.8 Å². The van der Waals surface area contributed by atoms with Gasteiger partial charge in [0, 0.05) is 19.0 Å². The van der Waals surface area contributed by atoms with Crippen LogP contribution in [0.3, 0.4) is 0 Å². The topological polar surface area (TPSA) is 95.2 Å². The molecule has 1 atom stereocenters. The molecule has 1 aromatic carbocycles. The van der Waals surface area contributed by atoms with Crippen molar-refractivity contribution in [2.24, 2.45) is 5.92 Å². The van der Waals surface area contributed by atoms with Crippen LogP contribution in [0.2, 0.25) is 0 Å². The second kappa shape index (κ2) is 9.28. The number of hydrogen-bond acceptors (Lipinski definition) is 5. The van der Waals surface area contributed by atoms with Crippen molar-refractivity contribution in [2.75, 3.05) is 30.9 Å². The molecule has 2 aromatic rings. The molecular weight excluding hydrogens is 396 g/mol. The van der Waals surface area contributed by atoms with Crippen LogP contribution in [0.1, 0.15) is 38.1 Å². The number of nitrogens with one attached hydrogen (secondary N) is 2. The number of carbonyl (C=O) groups excluding carboxylic acids is 1. The standard InChI is InChI=1S/C19H28N4O3S2/c1-3-28(25,26)23-11-8-14(9-12-23)19(24)22-17(10-13-27-2)18-20-15-6-4-5-7-16(15)21-18/h4-7,14,17H,3,8-13H2,1-2H3,(H,20,21)(H,22,24). The van der Waals surface area contributed by atoms with Gasteiger partial charge in [0.15, 0.2) is 0 Å². The fraction of sp³-hybridized carbons (Fsp3) is 0.579. The molecule has 28 heavy (non-hydrogen) atoms. The third kappa shape index (κ3) is 4.87. The zero-order chi connectivity index (χ0) is 20.1. The lowest BCUT2D eigenvalue weighted by Gasteiger charge is -2.31. The van der Waals surface area contributed by atoms with Crippen molar-refractivity contribution >= 4 is 38.7 Å². The summed E-state index contributed by atoms with van der Waals surface area (Å²) in [5.41, 5.74) is 1.85. The minimum absolute atomic E-state index is 0.0138. The molecule has 2 N–H and O–H groups in total. The van der Waals surface area contributed by atoms with Crippen molar-refractivity contribution in [3.63, 3.8) is 0 Å². The number of rotatable bonds is 8. The van der Waals surface area contributed by atoms with Crippen LogP contribution < -0.4 is 5.32 Å². The average Bonchev–Trinajstić information content (AvgIpc) is 3.15. The van der Waals surface area contributed by atoms with Gasteiger partial charge in [-0.1, -0.05) is 12.1 Å². The van der Waals surface area contributed by atoms with Gasteiger partial charge in [0.1, 0.15) is 5.82 Å². The van der Waals surface area contributed by atoms with E-state index >= 15 is 0 Å². The molecule has 154 valence electrons. The van der Waals surface area contributed by atoms with Crippen molar-refractivity contribution in [1.29, 1.82) is 0 Å². The lowest BCUT2D eigenvalue weighted by molar-refractivity contribution is -0.127. The fourth-order valence-electron chi connectivity index (χ4n) is 3.52. The number of benzene rings is 1. The Labute approximate surface area is 170 Å². The number of nitrogens with zero attached hydrogens (tertiary/aromatic N) is 2. The second-order valence-corrected chi connectivity index (χ2v) is 10.3. The summed E-state index contributed by atoms with van der Waals surface area (Å²) in [4.78, 5) is 20.8. The summed E-state index contributed by atoms with van der Waals surface area (Å²) in [6.07, 6.45) is 3.94. The predicted octanol–water partition coefficient (Wildman–Crippen LogP) is 2.54. The minimum Gasteiger partial charge on any atom is -0.346 e. The normalized spacial score (nSPS) is 17.6. The lowest BCUT2D eigenvalue weighted by Crippen LogP contribution is -2.44. The van der Waals surface area contributed by atoms with E-state index in [9.17, 15) is 13.2 Å². The Bertz CT molecular complexity index is 872. The average molecular weight is 425 g/mol. The Hall–Kier alpha value is -1.58. The van der Waals surface area contributed by atoms with Crippen LogP contribution in [0.4, 0.5) is 0 Å². The summed E-state index contributed by atoms with van der Waals surface area (Å²) < 4.78 is 25.5. The van der Waals surface area contributed by atoms with Crippen molar-refractivity contribution in [1.82, 2.24) is 19.6 Å². The van der Waals surface area contributed by atoms with E-state index in [1.165, 1.54) is 4.31 Å². The molecule has 2 heterocycles. The van der Waals surface area contributed by atoms with Crippen molar-refractivity contribution < 1.29 is 13.2 Å². The molecule has 1 aliphatic rings. The molecule has 1 aromatic heterocycles. The van der Waals surface area contributed by atoms with E-state index in [4.69, 9.17) is 0 Å².